The van der Waals surface area contributed by atoms with E-state index >= 15 is 0 Å². The number of benzene rings is 1. The van der Waals surface area contributed by atoms with Gasteiger partial charge in [0.25, 0.3) is 0 Å². The summed E-state index contributed by atoms with van der Waals surface area (Å²) in [7, 11) is 0. The zero-order valence-corrected chi connectivity index (χ0v) is 12.0. The molecule has 0 N–H and O–H groups in total. The first kappa shape index (κ1) is 15.2. The van der Waals surface area contributed by atoms with E-state index in [0.717, 1.165) is 30.4 Å². The van der Waals surface area contributed by atoms with Crippen molar-refractivity contribution in [1.82, 2.24) is 0 Å². The van der Waals surface area contributed by atoms with E-state index in [9.17, 15) is 4.79 Å². The van der Waals surface area contributed by atoms with Gasteiger partial charge in [0.2, 0.25) is 0 Å². The van der Waals surface area contributed by atoms with E-state index < -0.39 is 0 Å². The van der Waals surface area contributed by atoms with E-state index in [1.165, 1.54) is 6.26 Å². The molecule has 0 aliphatic heterocycles. The number of unbranched alkanes of at least 4 members (excludes halogenated alkanes) is 1. The second kappa shape index (κ2) is 8.30. The lowest BCUT2D eigenvalue weighted by Gasteiger charge is -2.05. The van der Waals surface area contributed by atoms with Crippen LogP contribution in [0.1, 0.15) is 45.6 Å². The predicted molar refractivity (Wildman–Crippen MR) is 79.5 cm³/mol. The van der Waals surface area contributed by atoms with E-state index in [2.05, 4.69) is 6.92 Å². The Hall–Kier alpha value is -1.83. The molecule has 0 amide bonds. The van der Waals surface area contributed by atoms with Gasteiger partial charge in [-0.1, -0.05) is 49.2 Å². The highest BCUT2D eigenvalue weighted by atomic mass is 16.5. The Labute approximate surface area is 115 Å². The molecule has 1 aromatic carbocycles. The van der Waals surface area contributed by atoms with Crippen LogP contribution in [0, 0.1) is 0 Å². The van der Waals surface area contributed by atoms with Crippen LogP contribution in [0.4, 0.5) is 0 Å². The highest BCUT2D eigenvalue weighted by Crippen LogP contribution is 2.13. The summed E-state index contributed by atoms with van der Waals surface area (Å²) in [5.74, 6) is -0.263. The zero-order valence-electron chi connectivity index (χ0n) is 12.0. The summed E-state index contributed by atoms with van der Waals surface area (Å²) in [4.78, 5) is 11.8. The standard InChI is InChI=1S/C17H22O2/c1-4-5-9-14(2)15(3)17(18)19-13-12-16-10-7-6-8-11-16/h6-8,10-13H,4-5,9H2,1-3H3. The molecule has 1 aromatic rings. The largest absolute Gasteiger partial charge is 0.431 e. The van der Waals surface area contributed by atoms with Gasteiger partial charge in [0.05, 0.1) is 6.26 Å². The number of allylic oxidation sites excluding steroid dienone is 1. The number of rotatable bonds is 6. The number of esters is 1. The molecule has 0 aliphatic carbocycles. The average Bonchev–Trinajstić information content (AvgIpc) is 2.44. The summed E-state index contributed by atoms with van der Waals surface area (Å²) in [5, 5.41) is 0. The molecule has 0 aromatic heterocycles. The second-order valence-corrected chi connectivity index (χ2v) is 4.63. The van der Waals surface area contributed by atoms with Gasteiger partial charge in [-0.25, -0.2) is 4.79 Å². The molecule has 0 saturated heterocycles. The lowest BCUT2D eigenvalue weighted by atomic mass is 10.1. The molecule has 19 heavy (non-hydrogen) atoms. The van der Waals surface area contributed by atoms with E-state index in [4.69, 9.17) is 4.74 Å². The average molecular weight is 258 g/mol. The van der Waals surface area contributed by atoms with Crippen molar-refractivity contribution in [3.05, 3.63) is 53.3 Å². The molecule has 2 nitrogen and oxygen atoms in total. The minimum absolute atomic E-state index is 0.263. The van der Waals surface area contributed by atoms with Gasteiger partial charge in [-0.15, -0.1) is 0 Å². The summed E-state index contributed by atoms with van der Waals surface area (Å²) in [6.45, 7) is 5.96. The van der Waals surface area contributed by atoms with Gasteiger partial charge in [0.1, 0.15) is 0 Å². The Kier molecular flexibility index (Phi) is 6.65. The first-order valence-electron chi connectivity index (χ1n) is 6.74. The topological polar surface area (TPSA) is 26.3 Å². The lowest BCUT2D eigenvalue weighted by molar-refractivity contribution is -0.133. The van der Waals surface area contributed by atoms with Crippen LogP contribution in [-0.4, -0.2) is 5.97 Å². The van der Waals surface area contributed by atoms with Crippen molar-refractivity contribution in [2.75, 3.05) is 0 Å². The second-order valence-electron chi connectivity index (χ2n) is 4.63. The van der Waals surface area contributed by atoms with Gasteiger partial charge in [-0.3, -0.25) is 0 Å². The van der Waals surface area contributed by atoms with E-state index in [-0.39, 0.29) is 5.97 Å². The summed E-state index contributed by atoms with van der Waals surface area (Å²) in [5.41, 5.74) is 2.84. The highest BCUT2D eigenvalue weighted by Gasteiger charge is 2.07. The van der Waals surface area contributed by atoms with Crippen LogP contribution in [-0.2, 0) is 9.53 Å². The Bertz CT molecular complexity index is 455. The smallest absolute Gasteiger partial charge is 0.338 e. The summed E-state index contributed by atoms with van der Waals surface area (Å²) in [6.07, 6.45) is 6.44. The monoisotopic (exact) mass is 258 g/mol. The first-order valence-corrected chi connectivity index (χ1v) is 6.74. The fraction of sp³-hybridized carbons (Fsp3) is 0.353. The summed E-state index contributed by atoms with van der Waals surface area (Å²) >= 11 is 0. The molecule has 102 valence electrons. The van der Waals surface area contributed by atoms with Gasteiger partial charge >= 0.3 is 5.97 Å². The van der Waals surface area contributed by atoms with Gasteiger partial charge in [0, 0.05) is 5.57 Å². The third-order valence-electron chi connectivity index (χ3n) is 3.09. The van der Waals surface area contributed by atoms with E-state index in [1.54, 1.807) is 6.08 Å². The van der Waals surface area contributed by atoms with Crippen molar-refractivity contribution < 1.29 is 9.53 Å². The lowest BCUT2D eigenvalue weighted by Crippen LogP contribution is -2.03. The maximum Gasteiger partial charge on any atom is 0.338 e. The Morgan fingerprint density at radius 1 is 1.21 bits per heavy atom. The van der Waals surface area contributed by atoms with Gasteiger partial charge < -0.3 is 4.74 Å². The van der Waals surface area contributed by atoms with Crippen molar-refractivity contribution in [3.63, 3.8) is 0 Å². The first-order chi connectivity index (χ1) is 9.15. The number of ether oxygens (including phenoxy) is 1. The van der Waals surface area contributed by atoms with Gasteiger partial charge in [0.15, 0.2) is 0 Å². The van der Waals surface area contributed by atoms with Crippen LogP contribution in [0.15, 0.2) is 47.7 Å². The quantitative estimate of drug-likeness (QED) is 0.419. The molecule has 2 heteroatoms. The van der Waals surface area contributed by atoms with Gasteiger partial charge in [-0.2, -0.15) is 0 Å². The van der Waals surface area contributed by atoms with Crippen molar-refractivity contribution in [2.45, 2.75) is 40.0 Å². The molecule has 0 aliphatic rings. The van der Waals surface area contributed by atoms with Gasteiger partial charge in [-0.05, 0) is 38.3 Å². The molecule has 0 fully saturated rings. The number of carbonyl (C=O) groups is 1. The number of carbonyl (C=O) groups excluding carboxylic acids is 1. The molecular formula is C17H22O2. The number of hydrogen-bond donors (Lipinski definition) is 0. The molecule has 0 saturated carbocycles. The SMILES string of the molecule is CCCCC(C)=C(C)C(=O)OC=Cc1ccccc1. The fourth-order valence-electron chi connectivity index (χ4n) is 1.63. The maximum absolute atomic E-state index is 11.8. The molecule has 0 unspecified atom stereocenters. The molecule has 0 spiro atoms. The van der Waals surface area contributed by atoms with Crippen LogP contribution in [0.25, 0.3) is 6.08 Å². The van der Waals surface area contributed by atoms with Crippen molar-refractivity contribution in [3.8, 4) is 0 Å². The van der Waals surface area contributed by atoms with Crippen molar-refractivity contribution in [1.29, 1.82) is 0 Å². The zero-order chi connectivity index (χ0) is 14.1. The highest BCUT2D eigenvalue weighted by molar-refractivity contribution is 5.89. The van der Waals surface area contributed by atoms with Crippen LogP contribution in [0.5, 0.6) is 0 Å². The minimum atomic E-state index is -0.263. The molecule has 0 bridgehead atoms. The van der Waals surface area contributed by atoms with Crippen LogP contribution < -0.4 is 0 Å². The molecule has 1 rings (SSSR count). The Morgan fingerprint density at radius 2 is 1.89 bits per heavy atom. The molecule has 0 radical (unpaired) electrons. The van der Waals surface area contributed by atoms with Crippen LogP contribution in [0.2, 0.25) is 0 Å². The predicted octanol–water partition coefficient (Wildman–Crippen LogP) is 4.73. The minimum Gasteiger partial charge on any atom is -0.431 e. The van der Waals surface area contributed by atoms with E-state index in [0.29, 0.717) is 5.57 Å². The van der Waals surface area contributed by atoms with Crippen LogP contribution in [0.3, 0.4) is 0 Å². The molecule has 0 atom stereocenters. The van der Waals surface area contributed by atoms with E-state index in [1.807, 2.05) is 44.2 Å². The fourth-order valence-corrected chi connectivity index (χ4v) is 1.63. The molecule has 0 heterocycles. The third kappa shape index (κ3) is 5.56. The normalized spacial score (nSPS) is 12.4. The third-order valence-corrected chi connectivity index (χ3v) is 3.09. The maximum atomic E-state index is 11.8. The van der Waals surface area contributed by atoms with Crippen LogP contribution >= 0.6 is 0 Å². The Balaban J connectivity index is 2.53. The summed E-state index contributed by atoms with van der Waals surface area (Å²) in [6, 6.07) is 9.76. The Morgan fingerprint density at radius 3 is 2.53 bits per heavy atom. The summed E-state index contributed by atoms with van der Waals surface area (Å²) < 4.78 is 5.13. The van der Waals surface area contributed by atoms with Crippen molar-refractivity contribution >= 4 is 12.0 Å². The van der Waals surface area contributed by atoms with Crippen molar-refractivity contribution in [2.24, 2.45) is 0 Å². The number of hydrogen-bond acceptors (Lipinski definition) is 2. The molecular weight excluding hydrogens is 236 g/mol.